The second-order valence-corrected chi connectivity index (χ2v) is 16.3. The number of benzene rings is 2. The van der Waals surface area contributed by atoms with E-state index in [1.807, 2.05) is 19.9 Å². The Bertz CT molecular complexity index is 1930. The number of esters is 1. The molecule has 58 heavy (non-hydrogen) atoms. The summed E-state index contributed by atoms with van der Waals surface area (Å²) in [4.78, 5) is 65.8. The molecule has 0 unspecified atom stereocenters. The number of nitrogens with one attached hydrogen (secondary N) is 1. The summed E-state index contributed by atoms with van der Waals surface area (Å²) in [6.07, 6.45) is 3.50. The van der Waals surface area contributed by atoms with Crippen LogP contribution in [0.25, 0.3) is 0 Å². The topological polar surface area (TPSA) is 170 Å². The highest BCUT2D eigenvalue weighted by Gasteiger charge is 2.64. The van der Waals surface area contributed by atoms with E-state index in [2.05, 4.69) is 5.32 Å². The maximum atomic E-state index is 14.2. The smallest absolute Gasteiger partial charge is 0.412 e. The van der Waals surface area contributed by atoms with E-state index in [0.717, 1.165) is 16.7 Å². The number of amides is 2. The number of fused-ring (bicyclic) bond motifs is 5. The number of nitrogens with zero attached hydrogens (tertiary/aromatic N) is 1. The largest absolute Gasteiger partial charge is 0.495 e. The first-order valence-corrected chi connectivity index (χ1v) is 20.0. The maximum Gasteiger partial charge on any atom is 0.412 e. The van der Waals surface area contributed by atoms with E-state index in [1.54, 1.807) is 62.5 Å². The number of rotatable bonds is 11. The van der Waals surface area contributed by atoms with Gasteiger partial charge in [0, 0.05) is 51.4 Å². The molecule has 0 aromatic heterocycles. The highest BCUT2D eigenvalue weighted by Crippen LogP contribution is 2.50. The van der Waals surface area contributed by atoms with Crippen LogP contribution < -0.4 is 15.0 Å². The second kappa shape index (κ2) is 19.0. The summed E-state index contributed by atoms with van der Waals surface area (Å²) in [5.74, 6) is -0.966. The van der Waals surface area contributed by atoms with E-state index >= 15 is 0 Å². The van der Waals surface area contributed by atoms with Gasteiger partial charge in [-0.15, -0.1) is 0 Å². The number of allylic oxidation sites excluding steroid dienone is 3. The zero-order valence-corrected chi connectivity index (χ0v) is 35.1. The van der Waals surface area contributed by atoms with Crippen LogP contribution in [0.5, 0.6) is 5.75 Å². The van der Waals surface area contributed by atoms with Crippen molar-refractivity contribution in [2.24, 2.45) is 5.92 Å². The van der Waals surface area contributed by atoms with E-state index in [4.69, 9.17) is 35.3 Å². The van der Waals surface area contributed by atoms with Gasteiger partial charge in [0.1, 0.15) is 51.9 Å². The predicted molar refractivity (Wildman–Crippen MR) is 218 cm³/mol. The minimum atomic E-state index is -1.58. The van der Waals surface area contributed by atoms with E-state index in [9.17, 15) is 29.1 Å². The van der Waals surface area contributed by atoms with Crippen molar-refractivity contribution in [3.8, 4) is 5.75 Å². The Morgan fingerprint density at radius 1 is 1.09 bits per heavy atom. The highest BCUT2D eigenvalue weighted by molar-refractivity contribution is 6.35. The monoisotopic (exact) mass is 822 g/mol. The lowest BCUT2D eigenvalue weighted by Gasteiger charge is -2.41. The van der Waals surface area contributed by atoms with Crippen LogP contribution in [0.2, 0.25) is 5.02 Å². The Morgan fingerprint density at radius 2 is 1.79 bits per heavy atom. The number of hydrogen-bond donors (Lipinski definition) is 2. The zero-order valence-electron chi connectivity index (χ0n) is 34.3. The standard InChI is InChI=1S/C44H55ClN2O11/c1-26-11-10-14-36(55-7)44(53)24-35(56-39(51)25-44)28(3)41-43(4,58-41)37(23-38(50)47(5)33-21-30(19-26)22-34(54-6)40(33)45)57-42(52)46-31-17-15-29(16-18-31)20-32(49)13-9-8-12-27(2)48/h10-11,14-18,21-22,28,35-37,41,53H,8-9,12-13,19-20,23-25H2,1-7H3,(H,46,52)/b14-10+,26-11+/t28-,35+,36-,37+,41+,43+,44-/m1/s1. The fraction of sp³-hybridized carbons (Fsp3) is 0.523. The third kappa shape index (κ3) is 10.9. The number of carbonyl (C=O) groups is 5. The van der Waals surface area contributed by atoms with Crippen LogP contribution >= 0.6 is 11.6 Å². The number of hydrogen-bond acceptors (Lipinski definition) is 11. The lowest BCUT2D eigenvalue weighted by atomic mass is 9.78. The maximum absolute atomic E-state index is 14.2. The minimum absolute atomic E-state index is 0.0562. The van der Waals surface area contributed by atoms with Crippen LogP contribution in [0.4, 0.5) is 16.2 Å². The molecule has 3 heterocycles. The van der Waals surface area contributed by atoms with E-state index < -0.39 is 59.5 Å². The number of anilines is 2. The van der Waals surface area contributed by atoms with Crippen LogP contribution in [0.1, 0.15) is 83.8 Å². The number of ether oxygens (including phenoxy) is 5. The predicted octanol–water partition coefficient (Wildman–Crippen LogP) is 6.88. The van der Waals surface area contributed by atoms with Gasteiger partial charge in [-0.2, -0.15) is 0 Å². The first-order valence-electron chi connectivity index (χ1n) is 19.6. The molecule has 2 aromatic rings. The third-order valence-corrected chi connectivity index (χ3v) is 11.7. The number of epoxide rings is 1. The SMILES string of the molecule is COc1cc2cc(c1Cl)N(C)C(=O)C[C@H](OC(=O)Nc1ccc(CC(=O)CCCCC(C)=O)cc1)[C@]1(C)O[C@H]1[C@H](C)[C@@H]1C[C@@](O)(CC(=O)O1)[C@H](OC)/C=C/C=C(\C)C2. The molecule has 14 heteroatoms. The molecule has 2 aromatic carbocycles. The molecule has 0 aliphatic carbocycles. The fourth-order valence-corrected chi connectivity index (χ4v) is 8.17. The third-order valence-electron chi connectivity index (χ3n) is 11.3. The second-order valence-electron chi connectivity index (χ2n) is 16.0. The molecule has 3 aliphatic rings. The number of ketones is 2. The summed E-state index contributed by atoms with van der Waals surface area (Å²) < 4.78 is 29.4. The number of methoxy groups -OCH3 is 2. The fourth-order valence-electron chi connectivity index (χ4n) is 7.85. The van der Waals surface area contributed by atoms with Crippen molar-refractivity contribution < 1.29 is 52.8 Å². The minimum Gasteiger partial charge on any atom is -0.495 e. The summed E-state index contributed by atoms with van der Waals surface area (Å²) in [7, 11) is 4.55. The van der Waals surface area contributed by atoms with Gasteiger partial charge in [-0.1, -0.05) is 54.5 Å². The van der Waals surface area contributed by atoms with Crippen molar-refractivity contribution in [1.29, 1.82) is 0 Å². The molecule has 13 nitrogen and oxygen atoms in total. The average Bonchev–Trinajstić information content (AvgIpc) is 3.86. The average molecular weight is 823 g/mol. The molecule has 2 saturated heterocycles. The number of unbranched alkanes of at least 4 members (excludes halogenated alkanes) is 1. The van der Waals surface area contributed by atoms with Crippen molar-refractivity contribution in [1.82, 2.24) is 0 Å². The molecule has 0 spiro atoms. The van der Waals surface area contributed by atoms with Gasteiger partial charge < -0.3 is 38.5 Å². The Kier molecular flexibility index (Phi) is 14.6. The van der Waals surface area contributed by atoms with Gasteiger partial charge >= 0.3 is 12.1 Å². The summed E-state index contributed by atoms with van der Waals surface area (Å²) in [6.45, 7) is 7.03. The molecular formula is C44H55ClN2O11. The van der Waals surface area contributed by atoms with Gasteiger partial charge in [-0.05, 0) is 75.4 Å². The molecule has 7 atom stereocenters. The van der Waals surface area contributed by atoms with Crippen LogP contribution in [0.3, 0.4) is 0 Å². The van der Waals surface area contributed by atoms with Crippen molar-refractivity contribution in [2.45, 2.75) is 121 Å². The summed E-state index contributed by atoms with van der Waals surface area (Å²) >= 11 is 6.78. The Morgan fingerprint density at radius 3 is 2.47 bits per heavy atom. The summed E-state index contributed by atoms with van der Waals surface area (Å²) in [6, 6.07) is 10.4. The Hall–Kier alpha value is -4.56. The molecule has 4 bridgehead atoms. The lowest BCUT2D eigenvalue weighted by molar-refractivity contribution is -0.187. The van der Waals surface area contributed by atoms with E-state index in [1.165, 1.54) is 26.0 Å². The summed E-state index contributed by atoms with van der Waals surface area (Å²) in [5, 5.41) is 14.8. The molecule has 314 valence electrons. The zero-order chi connectivity index (χ0) is 42.4. The van der Waals surface area contributed by atoms with E-state index in [-0.39, 0.29) is 42.3 Å². The van der Waals surface area contributed by atoms with Crippen LogP contribution in [0, 0.1) is 5.92 Å². The van der Waals surface area contributed by atoms with Crippen molar-refractivity contribution >= 4 is 52.5 Å². The lowest BCUT2D eigenvalue weighted by Crippen LogP contribution is -2.53. The number of halogens is 1. The Labute approximate surface area is 345 Å². The van der Waals surface area contributed by atoms with Crippen molar-refractivity contribution in [2.75, 3.05) is 31.5 Å². The van der Waals surface area contributed by atoms with Crippen LogP contribution in [0.15, 0.2) is 60.2 Å². The molecule has 0 saturated carbocycles. The van der Waals surface area contributed by atoms with Gasteiger partial charge in [0.2, 0.25) is 5.91 Å². The molecule has 2 amide bonds. The van der Waals surface area contributed by atoms with Gasteiger partial charge in [0.25, 0.3) is 0 Å². The first-order chi connectivity index (χ1) is 27.5. The van der Waals surface area contributed by atoms with E-state index in [0.29, 0.717) is 49.2 Å². The Balaban J connectivity index is 1.41. The van der Waals surface area contributed by atoms with Gasteiger partial charge in [-0.3, -0.25) is 19.7 Å². The molecule has 2 N–H and O–H groups in total. The van der Waals surface area contributed by atoms with Crippen LogP contribution in [-0.2, 0) is 51.0 Å². The quantitative estimate of drug-likeness (QED) is 0.138. The van der Waals surface area contributed by atoms with Gasteiger partial charge in [-0.25, -0.2) is 4.79 Å². The molecular weight excluding hydrogens is 768 g/mol. The summed E-state index contributed by atoms with van der Waals surface area (Å²) in [5.41, 5.74) is 0.556. The van der Waals surface area contributed by atoms with Gasteiger partial charge in [0.15, 0.2) is 0 Å². The molecule has 2 fully saturated rings. The van der Waals surface area contributed by atoms with Crippen molar-refractivity contribution in [3.63, 3.8) is 0 Å². The number of aliphatic hydroxyl groups is 1. The number of Topliss-reactive ketones (excluding diaryl/α,β-unsaturated/α-hetero) is 2. The first kappa shape index (κ1) is 44.5. The normalized spacial score (nSPS) is 28.9. The van der Waals surface area contributed by atoms with Gasteiger partial charge in [0.05, 0.1) is 31.7 Å². The molecule has 3 aliphatic heterocycles. The highest BCUT2D eigenvalue weighted by atomic mass is 35.5. The molecule has 0 radical (unpaired) electrons. The number of carbonyl (C=O) groups excluding carboxylic acids is 5. The van der Waals surface area contributed by atoms with Crippen molar-refractivity contribution in [3.05, 3.63) is 76.3 Å². The molecule has 5 rings (SSSR count). The van der Waals surface area contributed by atoms with Crippen LogP contribution in [-0.4, -0.2) is 91.5 Å².